The molecule has 4 nitrogen and oxygen atoms in total. The fourth-order valence-electron chi connectivity index (χ4n) is 14.7. The van der Waals surface area contributed by atoms with Crippen LogP contribution in [-0.4, -0.2) is 18.3 Å². The molecule has 0 aliphatic heterocycles. The maximum absolute atomic E-state index is 13.8. The van der Waals surface area contributed by atoms with Crippen LogP contribution in [0, 0.1) is 5.82 Å². The van der Waals surface area contributed by atoms with E-state index in [2.05, 4.69) is 328 Å². The van der Waals surface area contributed by atoms with Gasteiger partial charge >= 0.3 is 0 Å². The summed E-state index contributed by atoms with van der Waals surface area (Å²) in [6, 6.07) is 119. The topological polar surface area (TPSA) is 19.7 Å². The maximum atomic E-state index is 13.8. The molecule has 0 fully saturated rings. The van der Waals surface area contributed by atoms with Gasteiger partial charge in [-0.1, -0.05) is 218 Å². The monoisotopic (exact) mass is 1250 g/mol. The fraction of sp³-hybridized carbons (Fsp3) is 0. The highest BCUT2D eigenvalue weighted by molar-refractivity contribution is 7.27. The summed E-state index contributed by atoms with van der Waals surface area (Å²) >= 11 is 3.75. The lowest BCUT2D eigenvalue weighted by Crippen LogP contribution is -1.95. The van der Waals surface area contributed by atoms with Crippen LogP contribution in [0.25, 0.3) is 173 Å². The minimum absolute atomic E-state index is 0.233. The largest absolute Gasteiger partial charge is 0.309 e. The maximum Gasteiger partial charge on any atom is 0.123 e. The van der Waals surface area contributed by atoms with E-state index in [-0.39, 0.29) is 5.82 Å². The van der Waals surface area contributed by atoms with E-state index in [1.165, 1.54) is 146 Å². The summed E-state index contributed by atoms with van der Waals surface area (Å²) in [5.74, 6) is -0.233. The number of thiophene rings is 2. The molecule has 14 aromatic carbocycles. The van der Waals surface area contributed by atoms with Crippen molar-refractivity contribution in [2.24, 2.45) is 0 Å². The lowest BCUT2D eigenvalue weighted by atomic mass is 10.0. The Morgan fingerprint density at radius 3 is 0.989 bits per heavy atom. The van der Waals surface area contributed by atoms with Gasteiger partial charge < -0.3 is 18.3 Å². The SMILES string of the molecule is Fc1ccc(-n2c3ccccc3c3ccc(-c4ccc(-n5c6ccccc6c6sc7ccccc7c65)cc4)cc32)cc1.c1ccc(-c2ccc(-n3c4ccc(-c5ccccc5)cc4c4ccc(-c5ccc(-n6c7ccccc7c7sc8ccccc8c76)cc5)cc43)cc2)cc1. The van der Waals surface area contributed by atoms with E-state index in [9.17, 15) is 4.39 Å². The first-order valence-corrected chi connectivity index (χ1v) is 33.8. The van der Waals surface area contributed by atoms with Crippen LogP contribution in [0.4, 0.5) is 4.39 Å². The van der Waals surface area contributed by atoms with Gasteiger partial charge in [0.1, 0.15) is 5.82 Å². The number of aromatic nitrogens is 4. The molecule has 0 aliphatic rings. The Kier molecular flexibility index (Phi) is 12.8. The van der Waals surface area contributed by atoms with Crippen LogP contribution < -0.4 is 0 Å². The van der Waals surface area contributed by atoms with Gasteiger partial charge in [-0.15, -0.1) is 22.7 Å². The molecule has 0 aliphatic carbocycles. The third-order valence-electron chi connectivity index (χ3n) is 19.1. The van der Waals surface area contributed by atoms with E-state index >= 15 is 0 Å². The molecule has 7 heteroatoms. The van der Waals surface area contributed by atoms with Crippen LogP contribution in [0.1, 0.15) is 0 Å². The van der Waals surface area contributed by atoms with Gasteiger partial charge in [-0.05, 0) is 160 Å². The Morgan fingerprint density at radius 1 is 0.200 bits per heavy atom. The van der Waals surface area contributed by atoms with Crippen molar-refractivity contribution in [3.63, 3.8) is 0 Å². The highest BCUT2D eigenvalue weighted by Crippen LogP contribution is 2.46. The van der Waals surface area contributed by atoms with E-state index in [1.807, 2.05) is 34.8 Å². The summed E-state index contributed by atoms with van der Waals surface area (Å²) < 4.78 is 28.6. The second-order valence-corrected chi connectivity index (χ2v) is 26.6. The summed E-state index contributed by atoms with van der Waals surface area (Å²) in [5.41, 5.74) is 23.6. The molecule has 0 N–H and O–H groups in total. The summed E-state index contributed by atoms with van der Waals surface area (Å²) in [7, 11) is 0. The Morgan fingerprint density at radius 2 is 0.505 bits per heavy atom. The first-order chi connectivity index (χ1) is 47.0. The number of para-hydroxylation sites is 3. The van der Waals surface area contributed by atoms with Crippen molar-refractivity contribution in [2.45, 2.75) is 0 Å². The van der Waals surface area contributed by atoms with E-state index in [0.717, 1.165) is 39.2 Å². The zero-order valence-electron chi connectivity index (χ0n) is 51.2. The average Bonchev–Trinajstić information content (AvgIpc) is 1.59. The van der Waals surface area contributed by atoms with Crippen molar-refractivity contribution in [2.75, 3.05) is 0 Å². The van der Waals surface area contributed by atoms with Gasteiger partial charge in [-0.25, -0.2) is 4.39 Å². The van der Waals surface area contributed by atoms with Crippen LogP contribution in [-0.2, 0) is 0 Å². The number of hydrogen-bond donors (Lipinski definition) is 0. The van der Waals surface area contributed by atoms with Crippen LogP contribution in [0.2, 0.25) is 0 Å². The van der Waals surface area contributed by atoms with E-state index < -0.39 is 0 Å². The van der Waals surface area contributed by atoms with E-state index in [4.69, 9.17) is 0 Å². The summed E-state index contributed by atoms with van der Waals surface area (Å²) in [5, 5.41) is 10.1. The molecule has 6 heterocycles. The summed E-state index contributed by atoms with van der Waals surface area (Å²) in [4.78, 5) is 0. The molecule has 6 aromatic heterocycles. The molecule has 0 unspecified atom stereocenters. The smallest absolute Gasteiger partial charge is 0.123 e. The number of benzene rings is 14. The first kappa shape index (κ1) is 54.8. The molecule has 0 radical (unpaired) electrons. The van der Waals surface area contributed by atoms with Crippen molar-refractivity contribution in [3.8, 4) is 67.3 Å². The van der Waals surface area contributed by atoms with Gasteiger partial charge in [0, 0.05) is 75.2 Å². The number of nitrogens with zero attached hydrogens (tertiary/aromatic N) is 4. The Hall–Kier alpha value is -11.9. The average molecular weight is 1250 g/mol. The standard InChI is InChI=1S/C50H32N2S.C38H23FN2S/c1-3-11-33(12-4-1)35-19-25-39(26-20-35)51-46-30-24-37(34-13-5-2-6-14-34)31-44(46)41-29-23-38(32-47(41)51)36-21-27-40(28-22-36)52-45-17-9-7-15-42(45)50-49(52)43-16-8-10-18-48(43)53-50;39-26-16-20-27(21-17-26)40-33-10-4-1-7-29(33)30-22-15-25(23-35(30)40)24-13-18-28(19-14-24)41-34-11-5-2-8-31(34)38-37(41)32-9-3-6-12-36(32)42-38/h1-32H;1-23H. The predicted octanol–water partition coefficient (Wildman–Crippen LogP) is 25.0. The molecular formula is C88H55FN4S2. The normalized spacial score (nSPS) is 11.8. The van der Waals surface area contributed by atoms with Crippen LogP contribution in [0.5, 0.6) is 0 Å². The first-order valence-electron chi connectivity index (χ1n) is 32.1. The summed E-state index contributed by atoms with van der Waals surface area (Å²) in [6.07, 6.45) is 0. The molecule has 20 rings (SSSR count). The lowest BCUT2D eigenvalue weighted by Gasteiger charge is -2.12. The van der Waals surface area contributed by atoms with Crippen LogP contribution in [0.15, 0.2) is 334 Å². The summed E-state index contributed by atoms with van der Waals surface area (Å²) in [6.45, 7) is 0. The van der Waals surface area contributed by atoms with Gasteiger partial charge in [0.15, 0.2) is 0 Å². The molecule has 0 saturated heterocycles. The molecule has 0 spiro atoms. The zero-order chi connectivity index (χ0) is 62.7. The fourth-order valence-corrected chi connectivity index (χ4v) is 17.2. The van der Waals surface area contributed by atoms with E-state index in [0.29, 0.717) is 0 Å². The zero-order valence-corrected chi connectivity index (χ0v) is 52.9. The number of halogens is 1. The van der Waals surface area contributed by atoms with Gasteiger partial charge in [-0.3, -0.25) is 0 Å². The lowest BCUT2D eigenvalue weighted by molar-refractivity contribution is 0.627. The minimum atomic E-state index is -0.233. The molecular weight excluding hydrogens is 1200 g/mol. The number of rotatable bonds is 8. The Bertz CT molecular complexity index is 6350. The van der Waals surface area contributed by atoms with Gasteiger partial charge in [0.2, 0.25) is 0 Å². The van der Waals surface area contributed by atoms with Crippen molar-refractivity contribution in [1.29, 1.82) is 0 Å². The van der Waals surface area contributed by atoms with Crippen LogP contribution >= 0.6 is 22.7 Å². The molecule has 0 bridgehead atoms. The van der Waals surface area contributed by atoms with Crippen molar-refractivity contribution in [3.05, 3.63) is 339 Å². The highest BCUT2D eigenvalue weighted by atomic mass is 32.1. The number of fused-ring (bicyclic) bond motifs is 16. The molecule has 95 heavy (non-hydrogen) atoms. The number of hydrogen-bond acceptors (Lipinski definition) is 2. The molecule has 0 atom stereocenters. The van der Waals surface area contributed by atoms with Crippen molar-refractivity contribution < 1.29 is 4.39 Å². The minimum Gasteiger partial charge on any atom is -0.309 e. The predicted molar refractivity (Wildman–Crippen MR) is 403 cm³/mol. The molecule has 446 valence electrons. The van der Waals surface area contributed by atoms with Gasteiger partial charge in [0.25, 0.3) is 0 Å². The highest BCUT2D eigenvalue weighted by Gasteiger charge is 2.22. The van der Waals surface area contributed by atoms with Crippen molar-refractivity contribution >= 4 is 129 Å². The van der Waals surface area contributed by atoms with Crippen molar-refractivity contribution in [1.82, 2.24) is 18.3 Å². The third-order valence-corrected chi connectivity index (χ3v) is 21.5. The Balaban J connectivity index is 0.000000138. The molecule has 20 aromatic rings. The third kappa shape index (κ3) is 8.99. The van der Waals surface area contributed by atoms with Gasteiger partial charge in [0.05, 0.1) is 53.5 Å². The van der Waals surface area contributed by atoms with Gasteiger partial charge in [-0.2, -0.15) is 0 Å². The van der Waals surface area contributed by atoms with Crippen LogP contribution in [0.3, 0.4) is 0 Å². The Labute approximate surface area is 554 Å². The molecule has 0 saturated carbocycles. The molecule has 0 amide bonds. The van der Waals surface area contributed by atoms with E-state index in [1.54, 1.807) is 0 Å². The second kappa shape index (κ2) is 22.2. The quantitative estimate of drug-likeness (QED) is 0.144. The second-order valence-electron chi connectivity index (χ2n) is 24.5.